The molecule has 0 unspecified atom stereocenters. The van der Waals surface area contributed by atoms with Crippen LogP contribution in [0, 0.1) is 5.92 Å². The van der Waals surface area contributed by atoms with Crippen molar-refractivity contribution in [2.45, 2.75) is 59.4 Å². The van der Waals surface area contributed by atoms with Crippen molar-refractivity contribution in [3.63, 3.8) is 0 Å². The molecule has 0 spiro atoms. The van der Waals surface area contributed by atoms with Crippen LogP contribution in [0.5, 0.6) is 0 Å². The molecule has 0 aliphatic rings. The molecule has 0 aliphatic carbocycles. The van der Waals surface area contributed by atoms with Crippen molar-refractivity contribution in [2.24, 2.45) is 5.92 Å². The summed E-state index contributed by atoms with van der Waals surface area (Å²) < 4.78 is 0. The predicted molar refractivity (Wildman–Crippen MR) is 85.1 cm³/mol. The van der Waals surface area contributed by atoms with E-state index >= 15 is 0 Å². The van der Waals surface area contributed by atoms with E-state index in [1.54, 1.807) is 0 Å². The lowest BCUT2D eigenvalue weighted by Crippen LogP contribution is -2.35. The van der Waals surface area contributed by atoms with Gasteiger partial charge in [-0.05, 0) is 43.9 Å². The van der Waals surface area contributed by atoms with Crippen LogP contribution in [0.25, 0.3) is 0 Å². The van der Waals surface area contributed by atoms with Gasteiger partial charge in [0.25, 0.3) is 0 Å². The first-order valence-corrected chi connectivity index (χ1v) is 7.83. The number of aryl methyl sites for hydroxylation is 1. The fraction of sp³-hybridized carbons (Fsp3) is 0.688. The minimum Gasteiger partial charge on any atom is -0.354 e. The van der Waals surface area contributed by atoms with Crippen LogP contribution in [0.2, 0.25) is 0 Å². The quantitative estimate of drug-likeness (QED) is 0.677. The lowest BCUT2D eigenvalue weighted by atomic mass is 10.1. The lowest BCUT2D eigenvalue weighted by Gasteiger charge is -2.30. The molecule has 108 valence electrons. The SMILES string of the molecule is CCCc1cc(CCl)cc(N(CC(C)C)C(C)C)n1. The Bertz CT molecular complexity index is 388. The maximum Gasteiger partial charge on any atom is 0.129 e. The topological polar surface area (TPSA) is 16.1 Å². The third kappa shape index (κ3) is 5.02. The monoisotopic (exact) mass is 282 g/mol. The zero-order chi connectivity index (χ0) is 14.4. The Balaban J connectivity index is 3.09. The standard InChI is InChI=1S/C16H27ClN2/c1-6-7-15-8-14(10-17)9-16(18-15)19(13(4)5)11-12(2)3/h8-9,12-13H,6-7,10-11H2,1-5H3. The van der Waals surface area contributed by atoms with Gasteiger partial charge in [-0.25, -0.2) is 4.98 Å². The molecule has 0 fully saturated rings. The molecule has 3 heteroatoms. The summed E-state index contributed by atoms with van der Waals surface area (Å²) >= 11 is 6.01. The van der Waals surface area contributed by atoms with Crippen LogP contribution in [-0.2, 0) is 12.3 Å². The number of hydrogen-bond acceptors (Lipinski definition) is 2. The molecule has 1 heterocycles. The zero-order valence-electron chi connectivity index (χ0n) is 12.9. The molecule has 0 saturated carbocycles. The van der Waals surface area contributed by atoms with Gasteiger partial charge in [-0.1, -0.05) is 27.2 Å². The molecule has 0 bridgehead atoms. The Kier molecular flexibility index (Phi) is 6.64. The fourth-order valence-corrected chi connectivity index (χ4v) is 2.36. The van der Waals surface area contributed by atoms with Crippen LogP contribution in [0.4, 0.5) is 5.82 Å². The summed E-state index contributed by atoms with van der Waals surface area (Å²) in [6.45, 7) is 12.1. The summed E-state index contributed by atoms with van der Waals surface area (Å²) in [7, 11) is 0. The predicted octanol–water partition coefficient (Wildman–Crippen LogP) is 4.64. The first kappa shape index (κ1) is 16.3. The van der Waals surface area contributed by atoms with E-state index in [0.717, 1.165) is 30.9 Å². The molecule has 1 rings (SSSR count). The largest absolute Gasteiger partial charge is 0.354 e. The third-order valence-electron chi connectivity index (χ3n) is 3.06. The maximum atomic E-state index is 6.01. The molecule has 1 aromatic rings. The number of pyridine rings is 1. The van der Waals surface area contributed by atoms with E-state index in [2.05, 4.69) is 51.7 Å². The fourth-order valence-electron chi connectivity index (χ4n) is 2.20. The van der Waals surface area contributed by atoms with Crippen LogP contribution in [0.1, 0.15) is 52.3 Å². The molecule has 0 aromatic carbocycles. The Labute approximate surface area is 123 Å². The number of hydrogen-bond donors (Lipinski definition) is 0. The average Bonchev–Trinajstić information content (AvgIpc) is 2.35. The molecule has 0 N–H and O–H groups in total. The zero-order valence-corrected chi connectivity index (χ0v) is 13.7. The van der Waals surface area contributed by atoms with Gasteiger partial charge in [-0.3, -0.25) is 0 Å². The van der Waals surface area contributed by atoms with E-state index in [4.69, 9.17) is 16.6 Å². The second-order valence-corrected chi connectivity index (χ2v) is 6.12. The second-order valence-electron chi connectivity index (χ2n) is 5.85. The van der Waals surface area contributed by atoms with Gasteiger partial charge in [0.2, 0.25) is 0 Å². The van der Waals surface area contributed by atoms with E-state index in [9.17, 15) is 0 Å². The second kappa shape index (κ2) is 7.74. The van der Waals surface area contributed by atoms with Gasteiger partial charge in [0.15, 0.2) is 0 Å². The van der Waals surface area contributed by atoms with E-state index in [1.807, 2.05) is 0 Å². The van der Waals surface area contributed by atoms with Crippen molar-refractivity contribution >= 4 is 17.4 Å². The molecule has 19 heavy (non-hydrogen) atoms. The van der Waals surface area contributed by atoms with Gasteiger partial charge >= 0.3 is 0 Å². The van der Waals surface area contributed by atoms with Crippen LogP contribution in [-0.4, -0.2) is 17.6 Å². The summed E-state index contributed by atoms with van der Waals surface area (Å²) in [6.07, 6.45) is 2.13. The smallest absolute Gasteiger partial charge is 0.129 e. The van der Waals surface area contributed by atoms with Gasteiger partial charge < -0.3 is 4.90 Å². The van der Waals surface area contributed by atoms with Crippen molar-refractivity contribution in [1.82, 2.24) is 4.98 Å². The van der Waals surface area contributed by atoms with Crippen LogP contribution in [0.3, 0.4) is 0 Å². The molecular weight excluding hydrogens is 256 g/mol. The molecule has 0 radical (unpaired) electrons. The van der Waals surface area contributed by atoms with E-state index < -0.39 is 0 Å². The number of anilines is 1. The summed E-state index contributed by atoms with van der Waals surface area (Å²) in [5, 5.41) is 0. The Morgan fingerprint density at radius 1 is 1.21 bits per heavy atom. The van der Waals surface area contributed by atoms with Crippen LogP contribution in [0.15, 0.2) is 12.1 Å². The van der Waals surface area contributed by atoms with Crippen LogP contribution >= 0.6 is 11.6 Å². The lowest BCUT2D eigenvalue weighted by molar-refractivity contribution is 0.565. The van der Waals surface area contributed by atoms with Gasteiger partial charge in [0, 0.05) is 24.2 Å². The number of rotatable bonds is 7. The minimum absolute atomic E-state index is 0.454. The molecule has 0 saturated heterocycles. The van der Waals surface area contributed by atoms with E-state index in [0.29, 0.717) is 17.8 Å². The normalized spacial score (nSPS) is 11.4. The van der Waals surface area contributed by atoms with Crippen molar-refractivity contribution in [3.05, 3.63) is 23.4 Å². The first-order chi connectivity index (χ1) is 8.97. The van der Waals surface area contributed by atoms with Crippen molar-refractivity contribution in [3.8, 4) is 0 Å². The van der Waals surface area contributed by atoms with Crippen LogP contribution < -0.4 is 4.90 Å². The highest BCUT2D eigenvalue weighted by Crippen LogP contribution is 2.21. The van der Waals surface area contributed by atoms with Gasteiger partial charge in [0.1, 0.15) is 5.82 Å². The van der Waals surface area contributed by atoms with Crippen molar-refractivity contribution in [1.29, 1.82) is 0 Å². The highest BCUT2D eigenvalue weighted by Gasteiger charge is 2.15. The number of alkyl halides is 1. The molecule has 0 atom stereocenters. The average molecular weight is 283 g/mol. The number of nitrogens with zero attached hydrogens (tertiary/aromatic N) is 2. The Morgan fingerprint density at radius 2 is 1.89 bits per heavy atom. The van der Waals surface area contributed by atoms with E-state index in [-0.39, 0.29) is 0 Å². The summed E-state index contributed by atoms with van der Waals surface area (Å²) in [5.41, 5.74) is 2.33. The summed E-state index contributed by atoms with van der Waals surface area (Å²) in [4.78, 5) is 7.19. The maximum absolute atomic E-state index is 6.01. The third-order valence-corrected chi connectivity index (χ3v) is 3.37. The number of aromatic nitrogens is 1. The van der Waals surface area contributed by atoms with Gasteiger partial charge in [0.05, 0.1) is 0 Å². The molecular formula is C16H27ClN2. The van der Waals surface area contributed by atoms with Gasteiger partial charge in [-0.2, -0.15) is 0 Å². The highest BCUT2D eigenvalue weighted by atomic mass is 35.5. The summed E-state index contributed by atoms with van der Waals surface area (Å²) in [6, 6.07) is 4.72. The van der Waals surface area contributed by atoms with Crippen molar-refractivity contribution < 1.29 is 0 Å². The minimum atomic E-state index is 0.454. The van der Waals surface area contributed by atoms with E-state index in [1.165, 1.54) is 5.56 Å². The summed E-state index contributed by atoms with van der Waals surface area (Å²) in [5.74, 6) is 2.25. The molecule has 1 aromatic heterocycles. The Morgan fingerprint density at radius 3 is 2.37 bits per heavy atom. The number of halogens is 1. The molecule has 0 amide bonds. The Hall–Kier alpha value is -0.760. The van der Waals surface area contributed by atoms with Crippen molar-refractivity contribution in [2.75, 3.05) is 11.4 Å². The highest BCUT2D eigenvalue weighted by molar-refractivity contribution is 6.17. The first-order valence-electron chi connectivity index (χ1n) is 7.30. The molecule has 0 aliphatic heterocycles. The van der Waals surface area contributed by atoms with Gasteiger partial charge in [-0.15, -0.1) is 11.6 Å². The molecule has 2 nitrogen and oxygen atoms in total.